The van der Waals surface area contributed by atoms with Crippen LogP contribution >= 0.6 is 0 Å². The Balaban J connectivity index is 1.25. The highest BCUT2D eigenvalue weighted by Gasteiger charge is 2.26. The Bertz CT molecular complexity index is 2070. The number of nitrogens with zero attached hydrogens (tertiary/aromatic N) is 6. The van der Waals surface area contributed by atoms with E-state index in [1.807, 2.05) is 47.5 Å². The molecule has 2 fully saturated rings. The summed E-state index contributed by atoms with van der Waals surface area (Å²) < 4.78 is 20.5. The van der Waals surface area contributed by atoms with Crippen molar-refractivity contribution >= 4 is 16.3 Å². The van der Waals surface area contributed by atoms with Gasteiger partial charge in [-0.05, 0) is 79.9 Å². The van der Waals surface area contributed by atoms with Gasteiger partial charge in [-0.25, -0.2) is 13.9 Å². The number of pyridine rings is 1. The maximum atomic E-state index is 15.3. The summed E-state index contributed by atoms with van der Waals surface area (Å²) in [6.07, 6.45) is 13.2. The Morgan fingerprint density at radius 3 is 2.70 bits per heavy atom. The Hall–Kier alpha value is -4.67. The number of hydrogen-bond donors (Lipinski definition) is 2. The van der Waals surface area contributed by atoms with Gasteiger partial charge in [0.15, 0.2) is 0 Å². The van der Waals surface area contributed by atoms with Gasteiger partial charge in [0.05, 0.1) is 59.2 Å². The number of aliphatic hydroxyl groups excluding tert-OH is 1. The van der Waals surface area contributed by atoms with Crippen molar-refractivity contribution in [2.45, 2.75) is 44.2 Å². The Morgan fingerprint density at radius 2 is 1.88 bits per heavy atom. The van der Waals surface area contributed by atoms with Crippen LogP contribution < -0.4 is 10.9 Å². The number of fused-ring (bicyclic) bond motifs is 2. The molecule has 1 saturated heterocycles. The van der Waals surface area contributed by atoms with E-state index < -0.39 is 11.4 Å². The fourth-order valence-corrected chi connectivity index (χ4v) is 6.39. The number of aliphatic hydroxyl groups is 1. The highest BCUT2D eigenvalue weighted by atomic mass is 19.1. The second-order valence-electron chi connectivity index (χ2n) is 11.5. The van der Waals surface area contributed by atoms with Gasteiger partial charge in [0, 0.05) is 29.1 Å². The molecule has 9 nitrogen and oxygen atoms in total. The third-order valence-corrected chi connectivity index (χ3v) is 8.82. The highest BCUT2D eigenvalue weighted by molar-refractivity contribution is 5.85. The van der Waals surface area contributed by atoms with Crippen LogP contribution in [-0.2, 0) is 6.61 Å². The van der Waals surface area contributed by atoms with Crippen molar-refractivity contribution in [3.05, 3.63) is 101 Å². The molecule has 0 spiro atoms. The number of benzene rings is 2. The molecule has 2 aliphatic rings. The molecule has 43 heavy (non-hydrogen) atoms. The van der Waals surface area contributed by atoms with Crippen LogP contribution in [0.4, 0.5) is 4.39 Å². The summed E-state index contributed by atoms with van der Waals surface area (Å²) >= 11 is 0. The molecule has 2 N–H and O–H groups in total. The molecule has 4 aromatic heterocycles. The van der Waals surface area contributed by atoms with Gasteiger partial charge in [-0.1, -0.05) is 18.2 Å². The van der Waals surface area contributed by atoms with Gasteiger partial charge >= 0.3 is 0 Å². The van der Waals surface area contributed by atoms with E-state index in [2.05, 4.69) is 15.5 Å². The van der Waals surface area contributed by atoms with E-state index in [9.17, 15) is 9.90 Å². The van der Waals surface area contributed by atoms with E-state index in [4.69, 9.17) is 4.98 Å². The van der Waals surface area contributed by atoms with E-state index in [-0.39, 0.29) is 12.0 Å². The third kappa shape index (κ3) is 4.45. The number of rotatable bonds is 6. The summed E-state index contributed by atoms with van der Waals surface area (Å²) in [6, 6.07) is 12.9. The Morgan fingerprint density at radius 1 is 1.02 bits per heavy atom. The van der Waals surface area contributed by atoms with Gasteiger partial charge < -0.3 is 10.4 Å². The van der Waals surface area contributed by atoms with Crippen molar-refractivity contribution in [3.63, 3.8) is 0 Å². The minimum Gasteiger partial charge on any atom is -0.392 e. The molecule has 0 atom stereocenters. The average Bonchev–Trinajstić information content (AvgIpc) is 3.57. The Labute approximate surface area is 246 Å². The molecule has 216 valence electrons. The summed E-state index contributed by atoms with van der Waals surface area (Å²) in [5, 5.41) is 23.8. The molecule has 2 aromatic carbocycles. The van der Waals surface area contributed by atoms with Gasteiger partial charge in [-0.2, -0.15) is 10.2 Å². The lowest BCUT2D eigenvalue weighted by molar-refractivity contribution is 0.282. The van der Waals surface area contributed by atoms with Gasteiger partial charge in [0.2, 0.25) is 0 Å². The lowest BCUT2D eigenvalue weighted by Gasteiger charge is -2.22. The molecule has 5 heterocycles. The largest absolute Gasteiger partial charge is 0.392 e. The quantitative estimate of drug-likeness (QED) is 0.290. The van der Waals surface area contributed by atoms with Crippen LogP contribution in [0.25, 0.3) is 44.5 Å². The first-order valence-corrected chi connectivity index (χ1v) is 14.8. The van der Waals surface area contributed by atoms with Crippen LogP contribution in [0.2, 0.25) is 0 Å². The predicted molar refractivity (Wildman–Crippen MR) is 162 cm³/mol. The zero-order valence-corrected chi connectivity index (χ0v) is 23.4. The van der Waals surface area contributed by atoms with Gasteiger partial charge in [0.1, 0.15) is 5.82 Å². The third-order valence-electron chi connectivity index (χ3n) is 8.82. The van der Waals surface area contributed by atoms with Gasteiger partial charge in [0.25, 0.3) is 5.56 Å². The summed E-state index contributed by atoms with van der Waals surface area (Å²) in [4.78, 5) is 18.8. The molecule has 0 amide bonds. The van der Waals surface area contributed by atoms with Crippen molar-refractivity contribution in [2.24, 2.45) is 0 Å². The molecule has 8 rings (SSSR count). The number of aromatic nitrogens is 6. The number of halogens is 1. The van der Waals surface area contributed by atoms with E-state index in [0.717, 1.165) is 55.4 Å². The lowest BCUT2D eigenvalue weighted by Crippen LogP contribution is -2.29. The maximum Gasteiger partial charge on any atom is 0.265 e. The fourth-order valence-electron chi connectivity index (χ4n) is 6.39. The first-order valence-electron chi connectivity index (χ1n) is 14.8. The van der Waals surface area contributed by atoms with Crippen LogP contribution in [0.15, 0.2) is 78.2 Å². The van der Waals surface area contributed by atoms with Gasteiger partial charge in [-0.15, -0.1) is 0 Å². The highest BCUT2D eigenvalue weighted by Crippen LogP contribution is 2.41. The molecule has 1 aliphatic heterocycles. The second kappa shape index (κ2) is 10.3. The molecular weight excluding hydrogens is 545 g/mol. The van der Waals surface area contributed by atoms with Crippen LogP contribution in [-0.4, -0.2) is 47.1 Å². The van der Waals surface area contributed by atoms with Crippen LogP contribution in [0.5, 0.6) is 0 Å². The number of hydrogen-bond acceptors (Lipinski definition) is 6. The first kappa shape index (κ1) is 26.0. The molecule has 0 radical (unpaired) electrons. The standard InChI is InChI=1S/C33H30FN7O2/c34-27-15-22(20-4-5-20)14-21-9-13-39(33(43)31(21)27)29-3-1-2-25(26(29)19-42)32-30-8-12-36-41(30)18-28(38-32)23-16-37-40(17-23)24-6-10-35-11-7-24/h1-3,8-9,12-18,20,24,35,42H,4-7,10-11,19H2. The minimum absolute atomic E-state index is 0.0465. The van der Waals surface area contributed by atoms with Crippen LogP contribution in [0.3, 0.4) is 0 Å². The maximum absolute atomic E-state index is 15.3. The summed E-state index contributed by atoms with van der Waals surface area (Å²) in [7, 11) is 0. The van der Waals surface area contributed by atoms with Crippen molar-refractivity contribution < 1.29 is 9.50 Å². The van der Waals surface area contributed by atoms with Crippen molar-refractivity contribution in [1.29, 1.82) is 0 Å². The zero-order valence-electron chi connectivity index (χ0n) is 23.4. The Kier molecular flexibility index (Phi) is 6.20. The average molecular weight is 576 g/mol. The topological polar surface area (TPSA) is 102 Å². The molecular formula is C33H30FN7O2. The fraction of sp³-hybridized carbons (Fsp3) is 0.273. The molecule has 1 aliphatic carbocycles. The van der Waals surface area contributed by atoms with E-state index in [1.54, 1.807) is 29.0 Å². The summed E-state index contributed by atoms with van der Waals surface area (Å²) in [5.41, 5.74) is 5.05. The molecule has 0 unspecified atom stereocenters. The molecule has 10 heteroatoms. The molecule has 1 saturated carbocycles. The van der Waals surface area contributed by atoms with Crippen LogP contribution in [0.1, 0.15) is 48.8 Å². The SMILES string of the molecule is O=c1c2c(F)cc(C3CC3)cc2ccn1-c1cccc(-c2nc(-c3cnn(C4CCNCC4)c3)cn3nccc23)c1CO. The number of nitrogens with one attached hydrogen (secondary N) is 1. The van der Waals surface area contributed by atoms with E-state index in [1.165, 1.54) is 10.6 Å². The summed E-state index contributed by atoms with van der Waals surface area (Å²) in [6.45, 7) is 1.59. The van der Waals surface area contributed by atoms with E-state index in [0.29, 0.717) is 45.5 Å². The lowest BCUT2D eigenvalue weighted by atomic mass is 10.0. The van der Waals surface area contributed by atoms with Crippen molar-refractivity contribution in [2.75, 3.05) is 13.1 Å². The second-order valence-corrected chi connectivity index (χ2v) is 11.5. The normalized spacial score (nSPS) is 16.0. The smallest absolute Gasteiger partial charge is 0.265 e. The number of piperidine rings is 1. The zero-order chi connectivity index (χ0) is 29.1. The summed E-state index contributed by atoms with van der Waals surface area (Å²) in [5.74, 6) is -0.137. The monoisotopic (exact) mass is 575 g/mol. The predicted octanol–water partition coefficient (Wildman–Crippen LogP) is 5.00. The minimum atomic E-state index is -0.513. The molecule has 6 aromatic rings. The van der Waals surface area contributed by atoms with Gasteiger partial charge in [-0.3, -0.25) is 14.0 Å². The van der Waals surface area contributed by atoms with Crippen molar-refractivity contribution in [3.8, 4) is 28.2 Å². The van der Waals surface area contributed by atoms with Crippen LogP contribution in [0, 0.1) is 5.82 Å². The molecule has 0 bridgehead atoms. The van der Waals surface area contributed by atoms with E-state index >= 15 is 4.39 Å². The first-order chi connectivity index (χ1) is 21.1. The van der Waals surface area contributed by atoms with Crippen molar-refractivity contribution in [1.82, 2.24) is 34.3 Å².